The van der Waals surface area contributed by atoms with E-state index >= 15 is 0 Å². The van der Waals surface area contributed by atoms with E-state index in [1.165, 1.54) is 16.0 Å². The van der Waals surface area contributed by atoms with Crippen LogP contribution >= 0.6 is 35.3 Å². The number of rotatable bonds is 6. The summed E-state index contributed by atoms with van der Waals surface area (Å²) in [5.41, 5.74) is 2.73. The average Bonchev–Trinajstić information content (AvgIpc) is 2.96. The van der Waals surface area contributed by atoms with E-state index in [0.29, 0.717) is 5.92 Å². The van der Waals surface area contributed by atoms with Gasteiger partial charge in [0.15, 0.2) is 5.96 Å². The molecule has 0 saturated carbocycles. The van der Waals surface area contributed by atoms with E-state index in [2.05, 4.69) is 71.3 Å². The lowest BCUT2D eigenvalue weighted by Crippen LogP contribution is -2.37. The van der Waals surface area contributed by atoms with Gasteiger partial charge in [-0.2, -0.15) is 0 Å². The maximum Gasteiger partial charge on any atom is 0.191 e. The average molecular weight is 443 g/mol. The predicted octanol–water partition coefficient (Wildman–Crippen LogP) is 4.53. The van der Waals surface area contributed by atoms with Gasteiger partial charge in [0.1, 0.15) is 0 Å². The Morgan fingerprint density at radius 2 is 1.91 bits per heavy atom. The second kappa shape index (κ2) is 10.6. The maximum atomic E-state index is 4.29. The zero-order valence-electron chi connectivity index (χ0n) is 14.0. The molecular formula is C18H26IN3S. The van der Waals surface area contributed by atoms with Gasteiger partial charge in [0, 0.05) is 18.5 Å². The van der Waals surface area contributed by atoms with Crippen LogP contribution in [-0.4, -0.2) is 19.6 Å². The van der Waals surface area contributed by atoms with E-state index in [4.69, 9.17) is 0 Å². The Morgan fingerprint density at radius 1 is 1.17 bits per heavy atom. The fourth-order valence-corrected chi connectivity index (χ4v) is 3.17. The number of nitrogens with one attached hydrogen (secondary N) is 2. The van der Waals surface area contributed by atoms with Crippen LogP contribution in [0, 0.1) is 6.92 Å². The lowest BCUT2D eigenvalue weighted by Gasteiger charge is -2.15. The van der Waals surface area contributed by atoms with Crippen molar-refractivity contribution in [2.24, 2.45) is 4.99 Å². The minimum Gasteiger partial charge on any atom is -0.356 e. The number of nitrogens with zero attached hydrogens (tertiary/aromatic N) is 1. The van der Waals surface area contributed by atoms with Crippen molar-refractivity contribution in [3.8, 4) is 0 Å². The summed E-state index contributed by atoms with van der Waals surface area (Å²) in [5, 5.41) is 8.90. The highest BCUT2D eigenvalue weighted by atomic mass is 127. The van der Waals surface area contributed by atoms with Crippen molar-refractivity contribution >= 4 is 41.3 Å². The Balaban J connectivity index is 0.00000264. The van der Waals surface area contributed by atoms with Crippen molar-refractivity contribution in [1.82, 2.24) is 10.6 Å². The fraction of sp³-hybridized carbons (Fsp3) is 0.389. The maximum absolute atomic E-state index is 4.29. The van der Waals surface area contributed by atoms with Crippen molar-refractivity contribution < 1.29 is 0 Å². The summed E-state index contributed by atoms with van der Waals surface area (Å²) in [7, 11) is 1.82. The van der Waals surface area contributed by atoms with Crippen molar-refractivity contribution in [3.63, 3.8) is 0 Å². The summed E-state index contributed by atoms with van der Waals surface area (Å²) in [6.07, 6.45) is 1.09. The van der Waals surface area contributed by atoms with Crippen LogP contribution in [0.25, 0.3) is 0 Å². The second-order valence-corrected chi connectivity index (χ2v) is 6.48. The smallest absolute Gasteiger partial charge is 0.191 e. The molecule has 0 radical (unpaired) electrons. The fourth-order valence-electron chi connectivity index (χ4n) is 2.33. The zero-order chi connectivity index (χ0) is 15.8. The minimum absolute atomic E-state index is 0. The topological polar surface area (TPSA) is 36.4 Å². The van der Waals surface area contributed by atoms with Gasteiger partial charge >= 0.3 is 0 Å². The number of halogens is 1. The highest BCUT2D eigenvalue weighted by Crippen LogP contribution is 2.17. The van der Waals surface area contributed by atoms with Gasteiger partial charge in [-0.3, -0.25) is 4.99 Å². The molecule has 2 rings (SSSR count). The Labute approximate surface area is 160 Å². The van der Waals surface area contributed by atoms with E-state index in [1.807, 2.05) is 7.05 Å². The summed E-state index contributed by atoms with van der Waals surface area (Å²) in [6.45, 7) is 6.16. The summed E-state index contributed by atoms with van der Waals surface area (Å²) in [5.74, 6) is 1.42. The van der Waals surface area contributed by atoms with Gasteiger partial charge in [-0.25, -0.2) is 0 Å². The van der Waals surface area contributed by atoms with Crippen molar-refractivity contribution in [1.29, 1.82) is 0 Å². The molecule has 1 aromatic heterocycles. The Kier molecular flexibility index (Phi) is 9.24. The van der Waals surface area contributed by atoms with Gasteiger partial charge < -0.3 is 10.6 Å². The molecule has 2 N–H and O–H groups in total. The third-order valence-electron chi connectivity index (χ3n) is 3.85. The molecule has 1 atom stereocenters. The van der Waals surface area contributed by atoms with Crippen LogP contribution < -0.4 is 10.6 Å². The SMILES string of the molecule is CN=C(NCCC(C)c1ccccc1)NCc1sccc1C.I. The molecule has 0 aliphatic rings. The molecule has 3 nitrogen and oxygen atoms in total. The molecule has 0 aliphatic heterocycles. The lowest BCUT2D eigenvalue weighted by atomic mass is 9.98. The lowest BCUT2D eigenvalue weighted by molar-refractivity contribution is 0.652. The van der Waals surface area contributed by atoms with Crippen LogP contribution in [0.15, 0.2) is 46.8 Å². The second-order valence-electron chi connectivity index (χ2n) is 5.48. The molecule has 23 heavy (non-hydrogen) atoms. The number of hydrogen-bond acceptors (Lipinski definition) is 2. The third kappa shape index (κ3) is 6.51. The van der Waals surface area contributed by atoms with Crippen molar-refractivity contribution in [2.45, 2.75) is 32.7 Å². The summed E-state index contributed by atoms with van der Waals surface area (Å²) < 4.78 is 0. The molecule has 0 bridgehead atoms. The molecule has 5 heteroatoms. The van der Waals surface area contributed by atoms with E-state index in [1.54, 1.807) is 11.3 Å². The Bertz CT molecular complexity index is 595. The number of thiophene rings is 1. The molecule has 0 saturated heterocycles. The largest absolute Gasteiger partial charge is 0.356 e. The van der Waals surface area contributed by atoms with Crippen molar-refractivity contribution in [3.05, 3.63) is 57.8 Å². The summed E-state index contributed by atoms with van der Waals surface area (Å²) >= 11 is 1.78. The first-order valence-corrected chi connectivity index (χ1v) is 8.61. The monoisotopic (exact) mass is 443 g/mol. The molecule has 1 aromatic carbocycles. The van der Waals surface area contributed by atoms with Crippen LogP contribution in [-0.2, 0) is 6.54 Å². The molecule has 1 heterocycles. The quantitative estimate of drug-likeness (QED) is 0.391. The Hall–Kier alpha value is -1.08. The molecule has 2 aromatic rings. The number of aliphatic imine (C=N–C) groups is 1. The number of aryl methyl sites for hydroxylation is 1. The Morgan fingerprint density at radius 3 is 2.52 bits per heavy atom. The van der Waals surface area contributed by atoms with Gasteiger partial charge in [-0.1, -0.05) is 37.3 Å². The number of guanidine groups is 1. The van der Waals surface area contributed by atoms with Gasteiger partial charge in [-0.05, 0) is 41.8 Å². The van der Waals surface area contributed by atoms with Crippen LogP contribution in [0.3, 0.4) is 0 Å². The highest BCUT2D eigenvalue weighted by molar-refractivity contribution is 14.0. The van der Waals surface area contributed by atoms with Crippen LogP contribution in [0.5, 0.6) is 0 Å². The number of benzene rings is 1. The first-order valence-electron chi connectivity index (χ1n) is 7.73. The first-order chi connectivity index (χ1) is 10.7. The van der Waals surface area contributed by atoms with Crippen LogP contribution in [0.4, 0.5) is 0 Å². The molecule has 0 amide bonds. The number of hydrogen-bond donors (Lipinski definition) is 2. The molecule has 1 unspecified atom stereocenters. The molecule has 0 spiro atoms. The molecule has 0 aliphatic carbocycles. The highest BCUT2D eigenvalue weighted by Gasteiger charge is 2.06. The van der Waals surface area contributed by atoms with Gasteiger partial charge in [0.2, 0.25) is 0 Å². The molecular weight excluding hydrogens is 417 g/mol. The van der Waals surface area contributed by atoms with Crippen LogP contribution in [0.2, 0.25) is 0 Å². The van der Waals surface area contributed by atoms with Crippen LogP contribution in [0.1, 0.15) is 35.3 Å². The van der Waals surface area contributed by atoms with Gasteiger partial charge in [0.25, 0.3) is 0 Å². The van der Waals surface area contributed by atoms with E-state index < -0.39 is 0 Å². The van der Waals surface area contributed by atoms with Gasteiger partial charge in [0.05, 0.1) is 6.54 Å². The third-order valence-corrected chi connectivity index (χ3v) is 4.87. The molecule has 0 fully saturated rings. The van der Waals surface area contributed by atoms with E-state index in [9.17, 15) is 0 Å². The van der Waals surface area contributed by atoms with Crippen molar-refractivity contribution in [2.75, 3.05) is 13.6 Å². The van der Waals surface area contributed by atoms with E-state index in [0.717, 1.165) is 25.5 Å². The standard InChI is InChI=1S/C18H25N3S.HI/c1-14(16-7-5-4-6-8-16)9-11-20-18(19-3)21-13-17-15(2)10-12-22-17;/h4-8,10,12,14H,9,11,13H2,1-3H3,(H2,19,20,21);1H. The normalized spacial score (nSPS) is 12.4. The summed E-state index contributed by atoms with van der Waals surface area (Å²) in [6, 6.07) is 12.8. The summed E-state index contributed by atoms with van der Waals surface area (Å²) in [4.78, 5) is 5.65. The van der Waals surface area contributed by atoms with Gasteiger partial charge in [-0.15, -0.1) is 35.3 Å². The predicted molar refractivity (Wildman–Crippen MR) is 112 cm³/mol. The van der Waals surface area contributed by atoms with E-state index in [-0.39, 0.29) is 24.0 Å². The molecule has 126 valence electrons. The zero-order valence-corrected chi connectivity index (χ0v) is 17.2. The first kappa shape index (κ1) is 20.0. The minimum atomic E-state index is 0.